The summed E-state index contributed by atoms with van der Waals surface area (Å²) in [6.07, 6.45) is 1.11. The summed E-state index contributed by atoms with van der Waals surface area (Å²) in [5, 5.41) is 7.72. The fourth-order valence-corrected chi connectivity index (χ4v) is 1.18. The van der Waals surface area contributed by atoms with Gasteiger partial charge in [-0.1, -0.05) is 6.92 Å². The van der Waals surface area contributed by atoms with Crippen LogP contribution in [0.2, 0.25) is 0 Å². The summed E-state index contributed by atoms with van der Waals surface area (Å²) in [5.74, 6) is 1.25. The van der Waals surface area contributed by atoms with E-state index in [0.29, 0.717) is 31.4 Å². The van der Waals surface area contributed by atoms with Crippen LogP contribution in [-0.4, -0.2) is 29.7 Å². The fraction of sp³-hybridized carbons (Fsp3) is 0.750. The largest absolute Gasteiger partial charge is 0.425 e. The van der Waals surface area contributed by atoms with E-state index in [-0.39, 0.29) is 6.29 Å². The molecule has 13 heavy (non-hydrogen) atoms. The van der Waals surface area contributed by atoms with Crippen LogP contribution in [0.15, 0.2) is 4.42 Å². The Morgan fingerprint density at radius 2 is 1.92 bits per heavy atom. The van der Waals surface area contributed by atoms with Crippen molar-refractivity contribution in [2.75, 3.05) is 13.2 Å². The molecule has 1 saturated heterocycles. The summed E-state index contributed by atoms with van der Waals surface area (Å²) in [5.41, 5.74) is 0. The van der Waals surface area contributed by atoms with E-state index in [1.54, 1.807) is 0 Å². The highest BCUT2D eigenvalue weighted by Gasteiger charge is 2.19. The summed E-state index contributed by atoms with van der Waals surface area (Å²) in [7, 11) is 0. The molecule has 0 aliphatic carbocycles. The van der Waals surface area contributed by atoms with E-state index in [0.717, 1.165) is 6.42 Å². The standard InChI is InChI=1S/C8H12N2O3/c1-2-6-9-10-7(13-6)5-8-11-3-4-12-8/h8H,2-5H2,1H3. The molecule has 1 aliphatic heterocycles. The average molecular weight is 184 g/mol. The third-order valence-electron chi connectivity index (χ3n) is 1.84. The normalized spacial score (nSPS) is 18.2. The molecule has 5 nitrogen and oxygen atoms in total. The maximum atomic E-state index is 5.31. The van der Waals surface area contributed by atoms with Gasteiger partial charge in [0.05, 0.1) is 19.6 Å². The molecule has 0 atom stereocenters. The lowest BCUT2D eigenvalue weighted by Gasteiger charge is -2.03. The van der Waals surface area contributed by atoms with E-state index in [9.17, 15) is 0 Å². The van der Waals surface area contributed by atoms with Crippen LogP contribution < -0.4 is 0 Å². The number of hydrogen-bond acceptors (Lipinski definition) is 5. The van der Waals surface area contributed by atoms with Crippen molar-refractivity contribution in [1.29, 1.82) is 0 Å². The molecule has 0 aromatic carbocycles. The zero-order chi connectivity index (χ0) is 9.10. The Labute approximate surface area is 76.0 Å². The number of rotatable bonds is 3. The monoisotopic (exact) mass is 184 g/mol. The minimum absolute atomic E-state index is 0.204. The van der Waals surface area contributed by atoms with Crippen molar-refractivity contribution in [1.82, 2.24) is 10.2 Å². The first-order valence-corrected chi connectivity index (χ1v) is 4.43. The number of ether oxygens (including phenoxy) is 2. The molecule has 0 unspecified atom stereocenters. The van der Waals surface area contributed by atoms with Gasteiger partial charge in [0.1, 0.15) is 0 Å². The van der Waals surface area contributed by atoms with E-state index in [1.807, 2.05) is 6.92 Å². The van der Waals surface area contributed by atoms with E-state index < -0.39 is 0 Å². The summed E-state index contributed by atoms with van der Waals surface area (Å²) in [6, 6.07) is 0. The Bertz CT molecular complexity index is 268. The highest BCUT2D eigenvalue weighted by atomic mass is 16.7. The second-order valence-corrected chi connectivity index (χ2v) is 2.82. The number of aromatic nitrogens is 2. The molecule has 1 aromatic rings. The lowest BCUT2D eigenvalue weighted by molar-refractivity contribution is -0.0439. The molecule has 0 bridgehead atoms. The van der Waals surface area contributed by atoms with Gasteiger partial charge in [-0.3, -0.25) is 0 Å². The van der Waals surface area contributed by atoms with Crippen LogP contribution in [0.3, 0.4) is 0 Å². The number of hydrogen-bond donors (Lipinski definition) is 0. The van der Waals surface area contributed by atoms with Gasteiger partial charge in [-0.25, -0.2) is 0 Å². The molecule has 72 valence electrons. The summed E-state index contributed by atoms with van der Waals surface area (Å²) >= 11 is 0. The summed E-state index contributed by atoms with van der Waals surface area (Å²) in [4.78, 5) is 0. The molecule has 2 heterocycles. The molecule has 0 N–H and O–H groups in total. The van der Waals surface area contributed by atoms with Crippen LogP contribution >= 0.6 is 0 Å². The van der Waals surface area contributed by atoms with Crippen molar-refractivity contribution in [3.63, 3.8) is 0 Å². The van der Waals surface area contributed by atoms with E-state index in [4.69, 9.17) is 13.9 Å². The van der Waals surface area contributed by atoms with Gasteiger partial charge in [0.25, 0.3) is 0 Å². The third kappa shape index (κ3) is 2.05. The Hall–Kier alpha value is -0.940. The molecule has 1 aliphatic rings. The van der Waals surface area contributed by atoms with Crippen LogP contribution in [-0.2, 0) is 22.3 Å². The quantitative estimate of drug-likeness (QED) is 0.686. The second-order valence-electron chi connectivity index (χ2n) is 2.82. The van der Waals surface area contributed by atoms with Crippen molar-refractivity contribution >= 4 is 0 Å². The molecule has 1 aromatic heterocycles. The minimum Gasteiger partial charge on any atom is -0.425 e. The smallest absolute Gasteiger partial charge is 0.221 e. The van der Waals surface area contributed by atoms with Gasteiger partial charge in [-0.15, -0.1) is 10.2 Å². The van der Waals surface area contributed by atoms with Crippen LogP contribution in [0.4, 0.5) is 0 Å². The fourth-order valence-electron chi connectivity index (χ4n) is 1.18. The molecule has 0 radical (unpaired) electrons. The van der Waals surface area contributed by atoms with Crippen molar-refractivity contribution in [3.8, 4) is 0 Å². The first-order chi connectivity index (χ1) is 6.38. The maximum absolute atomic E-state index is 5.31. The Morgan fingerprint density at radius 3 is 2.54 bits per heavy atom. The van der Waals surface area contributed by atoms with Crippen molar-refractivity contribution in [2.45, 2.75) is 26.1 Å². The van der Waals surface area contributed by atoms with Gasteiger partial charge < -0.3 is 13.9 Å². The van der Waals surface area contributed by atoms with Gasteiger partial charge in [0.15, 0.2) is 6.29 Å². The van der Waals surface area contributed by atoms with Crippen LogP contribution in [0, 0.1) is 0 Å². The minimum atomic E-state index is -0.204. The zero-order valence-corrected chi connectivity index (χ0v) is 7.52. The number of nitrogens with zero attached hydrogens (tertiary/aromatic N) is 2. The van der Waals surface area contributed by atoms with Crippen LogP contribution in [0.5, 0.6) is 0 Å². The first kappa shape index (κ1) is 8.65. The lowest BCUT2D eigenvalue weighted by atomic mass is 10.4. The molecule has 1 fully saturated rings. The van der Waals surface area contributed by atoms with Crippen molar-refractivity contribution < 1.29 is 13.9 Å². The molecule has 2 rings (SSSR count). The molecular formula is C8H12N2O3. The molecule has 5 heteroatoms. The van der Waals surface area contributed by atoms with E-state index in [2.05, 4.69) is 10.2 Å². The maximum Gasteiger partial charge on any atom is 0.221 e. The average Bonchev–Trinajstić information content (AvgIpc) is 2.76. The van der Waals surface area contributed by atoms with Crippen LogP contribution in [0.1, 0.15) is 18.7 Å². The predicted octanol–water partition coefficient (Wildman–Crippen LogP) is 0.547. The molecule has 0 spiro atoms. The van der Waals surface area contributed by atoms with Gasteiger partial charge in [-0.05, 0) is 0 Å². The first-order valence-electron chi connectivity index (χ1n) is 4.43. The Kier molecular flexibility index (Phi) is 2.56. The summed E-state index contributed by atoms with van der Waals surface area (Å²) < 4.78 is 15.8. The van der Waals surface area contributed by atoms with Gasteiger partial charge in [-0.2, -0.15) is 0 Å². The Morgan fingerprint density at radius 1 is 1.23 bits per heavy atom. The zero-order valence-electron chi connectivity index (χ0n) is 7.52. The second kappa shape index (κ2) is 3.85. The lowest BCUT2D eigenvalue weighted by Crippen LogP contribution is -2.11. The van der Waals surface area contributed by atoms with Crippen LogP contribution in [0.25, 0.3) is 0 Å². The topological polar surface area (TPSA) is 57.4 Å². The SMILES string of the molecule is CCc1nnc(CC2OCCO2)o1. The highest BCUT2D eigenvalue weighted by Crippen LogP contribution is 2.10. The highest BCUT2D eigenvalue weighted by molar-refractivity contribution is 4.82. The van der Waals surface area contributed by atoms with Crippen molar-refractivity contribution in [3.05, 3.63) is 11.8 Å². The molecular weight excluding hydrogens is 172 g/mol. The van der Waals surface area contributed by atoms with Gasteiger partial charge in [0, 0.05) is 6.42 Å². The Balaban J connectivity index is 1.92. The summed E-state index contributed by atoms with van der Waals surface area (Å²) in [6.45, 7) is 3.28. The van der Waals surface area contributed by atoms with Gasteiger partial charge in [0.2, 0.25) is 11.8 Å². The molecule has 0 saturated carbocycles. The van der Waals surface area contributed by atoms with Crippen molar-refractivity contribution in [2.24, 2.45) is 0 Å². The van der Waals surface area contributed by atoms with E-state index >= 15 is 0 Å². The van der Waals surface area contributed by atoms with Gasteiger partial charge >= 0.3 is 0 Å². The third-order valence-corrected chi connectivity index (χ3v) is 1.84. The molecule has 0 amide bonds. The van der Waals surface area contributed by atoms with E-state index in [1.165, 1.54) is 0 Å². The predicted molar refractivity (Wildman–Crippen MR) is 43.1 cm³/mol. The number of aryl methyl sites for hydroxylation is 1.